The van der Waals surface area contributed by atoms with Crippen molar-refractivity contribution in [2.45, 2.75) is 70.9 Å². The number of rotatable bonds is 3. The first-order chi connectivity index (χ1) is 15.7. The number of fused-ring (bicyclic) bond motifs is 1. The van der Waals surface area contributed by atoms with Crippen LogP contribution < -0.4 is 4.74 Å². The normalized spacial score (nSPS) is 23.2. The predicted molar refractivity (Wildman–Crippen MR) is 129 cm³/mol. The van der Waals surface area contributed by atoms with E-state index in [4.69, 9.17) is 4.74 Å². The summed E-state index contributed by atoms with van der Waals surface area (Å²) in [7, 11) is 0. The average molecular weight is 447 g/mol. The van der Waals surface area contributed by atoms with Crippen LogP contribution in [0.25, 0.3) is 0 Å². The first-order valence-corrected chi connectivity index (χ1v) is 12.4. The van der Waals surface area contributed by atoms with Gasteiger partial charge in [0.05, 0.1) is 5.56 Å². The van der Waals surface area contributed by atoms with Gasteiger partial charge in [0.1, 0.15) is 11.4 Å². The van der Waals surface area contributed by atoms with Crippen LogP contribution in [0.5, 0.6) is 5.75 Å². The minimum absolute atomic E-state index is 0.00370. The molecule has 0 aliphatic carbocycles. The summed E-state index contributed by atoms with van der Waals surface area (Å²) in [6.07, 6.45) is 7.86. The van der Waals surface area contributed by atoms with Crippen LogP contribution in [0.2, 0.25) is 0 Å². The van der Waals surface area contributed by atoms with Crippen molar-refractivity contribution in [1.82, 2.24) is 14.8 Å². The van der Waals surface area contributed by atoms with Crippen LogP contribution in [0.3, 0.4) is 0 Å². The Hall–Kier alpha value is -2.40. The molecule has 1 aromatic carbocycles. The molecule has 4 heterocycles. The van der Waals surface area contributed by atoms with E-state index in [9.17, 15) is 4.79 Å². The zero-order valence-electron chi connectivity index (χ0n) is 20.5. The van der Waals surface area contributed by atoms with E-state index in [0.29, 0.717) is 11.0 Å². The highest BCUT2D eigenvalue weighted by molar-refractivity contribution is 5.93. The molecule has 5 heteroatoms. The number of ether oxygens (including phenoxy) is 1. The maximum atomic E-state index is 12.8. The molecular formula is C28H36N3O2. The summed E-state index contributed by atoms with van der Waals surface area (Å²) in [5, 5.41) is 0. The number of amides is 1. The van der Waals surface area contributed by atoms with E-state index < -0.39 is 0 Å². The molecule has 0 unspecified atom stereocenters. The molecule has 1 amide bonds. The standard InChI is InChI=1S/C28H36N3O2/c1-26(2)23-7-5-6-22(24(23)33-27(26,3)4)20-30-16-10-28(11-17-30)12-18-31(19-13-28)25(32)21-8-14-29-15-9-21/h5-8,14-15H,10-13,16-20H2,1-4H3. The van der Waals surface area contributed by atoms with Gasteiger partial charge in [0.2, 0.25) is 0 Å². The third-order valence-corrected chi connectivity index (χ3v) is 8.91. The fraction of sp³-hybridized carbons (Fsp3) is 0.571. The van der Waals surface area contributed by atoms with Gasteiger partial charge in [-0.1, -0.05) is 32.0 Å². The van der Waals surface area contributed by atoms with E-state index in [1.807, 2.05) is 4.90 Å². The van der Waals surface area contributed by atoms with Gasteiger partial charge in [0, 0.05) is 54.6 Å². The Bertz CT molecular complexity index is 1010. The lowest BCUT2D eigenvalue weighted by atomic mass is 9.71. The zero-order chi connectivity index (χ0) is 23.3. The van der Waals surface area contributed by atoms with Gasteiger partial charge in [-0.2, -0.15) is 0 Å². The van der Waals surface area contributed by atoms with Crippen LogP contribution in [0.4, 0.5) is 0 Å². The molecule has 0 saturated carbocycles. The van der Waals surface area contributed by atoms with Crippen LogP contribution in [-0.4, -0.2) is 52.5 Å². The third kappa shape index (κ3) is 3.95. The molecule has 0 bridgehead atoms. The van der Waals surface area contributed by atoms with E-state index in [0.717, 1.165) is 51.3 Å². The zero-order valence-corrected chi connectivity index (χ0v) is 20.5. The van der Waals surface area contributed by atoms with Crippen molar-refractivity contribution in [1.29, 1.82) is 0 Å². The molecule has 1 aromatic heterocycles. The Morgan fingerprint density at radius 2 is 1.73 bits per heavy atom. The van der Waals surface area contributed by atoms with Gasteiger partial charge in [0.15, 0.2) is 0 Å². The van der Waals surface area contributed by atoms with Crippen molar-refractivity contribution >= 4 is 5.91 Å². The van der Waals surface area contributed by atoms with Gasteiger partial charge < -0.3 is 9.64 Å². The molecule has 175 valence electrons. The monoisotopic (exact) mass is 446 g/mol. The van der Waals surface area contributed by atoms with E-state index in [1.54, 1.807) is 18.5 Å². The van der Waals surface area contributed by atoms with Gasteiger partial charge in [-0.15, -0.1) is 0 Å². The number of para-hydroxylation sites is 1. The number of benzene rings is 1. The van der Waals surface area contributed by atoms with Crippen LogP contribution in [0.15, 0.2) is 36.7 Å². The van der Waals surface area contributed by atoms with Crippen molar-refractivity contribution in [3.8, 4) is 5.75 Å². The second kappa shape index (κ2) is 8.12. The summed E-state index contributed by atoms with van der Waals surface area (Å²) >= 11 is 0. The van der Waals surface area contributed by atoms with Crippen LogP contribution >= 0.6 is 0 Å². The molecule has 5 rings (SSSR count). The van der Waals surface area contributed by atoms with Crippen molar-refractivity contribution in [2.24, 2.45) is 5.41 Å². The Balaban J connectivity index is 1.19. The molecule has 3 aliphatic heterocycles. The topological polar surface area (TPSA) is 45.7 Å². The first kappa shape index (κ1) is 22.4. The summed E-state index contributed by atoms with van der Waals surface area (Å²) in [4.78, 5) is 21.3. The number of carbonyl (C=O) groups excluding carboxylic acids is 1. The van der Waals surface area contributed by atoms with Crippen molar-refractivity contribution < 1.29 is 9.53 Å². The Kier molecular flexibility index (Phi) is 5.51. The molecule has 0 atom stereocenters. The molecule has 2 fully saturated rings. The molecule has 1 spiro atoms. The summed E-state index contributed by atoms with van der Waals surface area (Å²) in [5.74, 6) is 1.20. The van der Waals surface area contributed by atoms with Crippen molar-refractivity contribution in [3.05, 3.63) is 59.4 Å². The molecule has 2 aromatic rings. The predicted octanol–water partition coefficient (Wildman–Crippen LogP) is 4.85. The number of nitrogens with zero attached hydrogens (tertiary/aromatic N) is 3. The third-order valence-electron chi connectivity index (χ3n) is 8.91. The molecule has 1 radical (unpaired) electrons. The first-order valence-electron chi connectivity index (χ1n) is 12.4. The van der Waals surface area contributed by atoms with E-state index in [1.165, 1.54) is 24.0 Å². The Labute approximate surface area is 198 Å². The largest absolute Gasteiger partial charge is 0.486 e. The minimum atomic E-state index is -0.198. The number of hydrogen-bond donors (Lipinski definition) is 0. The summed E-state index contributed by atoms with van der Waals surface area (Å²) in [6.45, 7) is 13.8. The fourth-order valence-electron chi connectivity index (χ4n) is 5.76. The number of carbonyl (C=O) groups is 1. The van der Waals surface area contributed by atoms with Crippen LogP contribution in [-0.2, 0) is 12.0 Å². The second-order valence-corrected chi connectivity index (χ2v) is 11.3. The maximum Gasteiger partial charge on any atom is 0.254 e. The number of piperidine rings is 2. The molecule has 2 saturated heterocycles. The quantitative estimate of drug-likeness (QED) is 0.676. The number of aromatic nitrogens is 1. The van der Waals surface area contributed by atoms with E-state index in [-0.39, 0.29) is 16.9 Å². The average Bonchev–Trinajstić information content (AvgIpc) is 3.01. The van der Waals surface area contributed by atoms with Gasteiger partial charge in [-0.05, 0) is 64.1 Å². The summed E-state index contributed by atoms with van der Waals surface area (Å²) in [6, 6.07) is 11.4. The Morgan fingerprint density at radius 1 is 1.03 bits per heavy atom. The van der Waals surface area contributed by atoms with Gasteiger partial charge in [-0.25, -0.2) is 0 Å². The molecule has 5 nitrogen and oxygen atoms in total. The second-order valence-electron chi connectivity index (χ2n) is 11.3. The highest BCUT2D eigenvalue weighted by Crippen LogP contribution is 2.50. The van der Waals surface area contributed by atoms with E-state index in [2.05, 4.69) is 61.8 Å². The molecule has 33 heavy (non-hydrogen) atoms. The molecular weight excluding hydrogens is 410 g/mol. The van der Waals surface area contributed by atoms with Gasteiger partial charge in [-0.3, -0.25) is 14.7 Å². The number of pyridine rings is 1. The number of hydrogen-bond acceptors (Lipinski definition) is 4. The summed E-state index contributed by atoms with van der Waals surface area (Å²) < 4.78 is 6.49. The number of likely N-dealkylation sites (tertiary alicyclic amines) is 2. The van der Waals surface area contributed by atoms with Gasteiger partial charge in [0.25, 0.3) is 5.91 Å². The molecule has 0 N–H and O–H groups in total. The highest BCUT2D eigenvalue weighted by Gasteiger charge is 2.48. The highest BCUT2D eigenvalue weighted by atomic mass is 16.5. The SMILES string of the molecule is CC1(C)Oc2c(CN3CCC4(CC3)CCN(C(=O)c3[c]cncc3)CC4)cccc2C1(C)C. The van der Waals surface area contributed by atoms with Gasteiger partial charge >= 0.3 is 0 Å². The van der Waals surface area contributed by atoms with Crippen LogP contribution in [0, 0.1) is 11.5 Å². The van der Waals surface area contributed by atoms with Crippen molar-refractivity contribution in [3.63, 3.8) is 0 Å². The minimum Gasteiger partial charge on any atom is -0.486 e. The van der Waals surface area contributed by atoms with Crippen LogP contribution in [0.1, 0.15) is 74.9 Å². The lowest BCUT2D eigenvalue weighted by Gasteiger charge is -2.47. The maximum absolute atomic E-state index is 12.8. The summed E-state index contributed by atoms with van der Waals surface area (Å²) in [5.41, 5.74) is 3.47. The lowest BCUT2D eigenvalue weighted by molar-refractivity contribution is 0.0279. The van der Waals surface area contributed by atoms with E-state index >= 15 is 0 Å². The Morgan fingerprint density at radius 3 is 2.39 bits per heavy atom. The fourth-order valence-corrected chi connectivity index (χ4v) is 5.76. The molecule has 3 aliphatic rings. The smallest absolute Gasteiger partial charge is 0.254 e. The van der Waals surface area contributed by atoms with Crippen molar-refractivity contribution in [2.75, 3.05) is 26.2 Å². The lowest BCUT2D eigenvalue weighted by Crippen LogP contribution is -2.48.